The number of carboxylic acid groups (broad SMARTS) is 1. The van der Waals surface area contributed by atoms with E-state index in [9.17, 15) is 9.59 Å². The van der Waals surface area contributed by atoms with Crippen molar-refractivity contribution in [2.24, 2.45) is 0 Å². The van der Waals surface area contributed by atoms with Crippen LogP contribution in [-0.2, 0) is 4.79 Å². The maximum Gasteiger partial charge on any atom is 0.335 e. The molecule has 0 radical (unpaired) electrons. The van der Waals surface area contributed by atoms with Crippen molar-refractivity contribution in [1.29, 1.82) is 0 Å². The maximum atomic E-state index is 11.9. The summed E-state index contributed by atoms with van der Waals surface area (Å²) in [5.41, 5.74) is 0.372. The molecule has 0 saturated carbocycles. The van der Waals surface area contributed by atoms with E-state index in [0.717, 1.165) is 5.03 Å². The van der Waals surface area contributed by atoms with Gasteiger partial charge in [0.25, 0.3) is 0 Å². The van der Waals surface area contributed by atoms with Crippen LogP contribution in [0.1, 0.15) is 16.8 Å². The second-order valence-electron chi connectivity index (χ2n) is 4.31. The molecule has 1 aromatic heterocycles. The fraction of sp³-hybridized carbons (Fsp3) is 0.133. The highest BCUT2D eigenvalue weighted by atomic mass is 35.5. The van der Waals surface area contributed by atoms with Gasteiger partial charge in [0.2, 0.25) is 5.91 Å². The van der Waals surface area contributed by atoms with Gasteiger partial charge in [-0.2, -0.15) is 0 Å². The fourth-order valence-electron chi connectivity index (χ4n) is 1.65. The van der Waals surface area contributed by atoms with Crippen LogP contribution in [0, 0.1) is 0 Å². The van der Waals surface area contributed by atoms with E-state index in [0.29, 0.717) is 16.5 Å². The van der Waals surface area contributed by atoms with E-state index in [1.165, 1.54) is 30.0 Å². The highest BCUT2D eigenvalue weighted by Gasteiger charge is 2.10. The molecular weight excluding hydrogens is 324 g/mol. The number of halogens is 1. The summed E-state index contributed by atoms with van der Waals surface area (Å²) in [5.74, 6) is -0.732. The maximum absolute atomic E-state index is 11.9. The van der Waals surface area contributed by atoms with Crippen molar-refractivity contribution in [3.05, 3.63) is 53.2 Å². The van der Waals surface area contributed by atoms with Crippen molar-refractivity contribution in [2.45, 2.75) is 11.4 Å². The van der Waals surface area contributed by atoms with Crippen LogP contribution in [0.2, 0.25) is 5.02 Å². The van der Waals surface area contributed by atoms with Crippen LogP contribution in [0.25, 0.3) is 0 Å². The first-order chi connectivity index (χ1) is 10.6. The lowest BCUT2D eigenvalue weighted by atomic mass is 10.2. The second-order valence-corrected chi connectivity index (χ2v) is 5.84. The molecule has 0 spiro atoms. The molecular formula is C15H13ClN2O3S. The number of carboxylic acids is 1. The van der Waals surface area contributed by atoms with Gasteiger partial charge in [-0.1, -0.05) is 17.7 Å². The summed E-state index contributed by atoms with van der Waals surface area (Å²) < 4.78 is 0. The molecule has 0 aliphatic heterocycles. The number of nitrogens with zero attached hydrogens (tertiary/aromatic N) is 1. The Bertz CT molecular complexity index is 680. The summed E-state index contributed by atoms with van der Waals surface area (Å²) in [6.45, 7) is 0. The molecule has 0 saturated heterocycles. The predicted molar refractivity (Wildman–Crippen MR) is 86.6 cm³/mol. The lowest BCUT2D eigenvalue weighted by Crippen LogP contribution is -2.13. The zero-order valence-corrected chi connectivity index (χ0v) is 13.0. The topological polar surface area (TPSA) is 79.3 Å². The van der Waals surface area contributed by atoms with Crippen LogP contribution in [0.3, 0.4) is 0 Å². The fourth-order valence-corrected chi connectivity index (χ4v) is 2.62. The average molecular weight is 337 g/mol. The predicted octanol–water partition coefficient (Wildman–Crippen LogP) is 3.55. The van der Waals surface area contributed by atoms with Crippen molar-refractivity contribution < 1.29 is 14.7 Å². The van der Waals surface area contributed by atoms with Crippen LogP contribution in [0.5, 0.6) is 0 Å². The minimum atomic E-state index is -1.07. The molecule has 0 aliphatic rings. The molecule has 7 heteroatoms. The molecule has 1 heterocycles. The van der Waals surface area contributed by atoms with Gasteiger partial charge in [-0.3, -0.25) is 4.79 Å². The normalized spacial score (nSPS) is 10.2. The first-order valence-corrected chi connectivity index (χ1v) is 7.79. The van der Waals surface area contributed by atoms with Gasteiger partial charge in [0.1, 0.15) is 0 Å². The highest BCUT2D eigenvalue weighted by molar-refractivity contribution is 7.99. The summed E-state index contributed by atoms with van der Waals surface area (Å²) in [7, 11) is 0. The summed E-state index contributed by atoms with van der Waals surface area (Å²) in [4.78, 5) is 26.9. The minimum absolute atomic E-state index is 0.0718. The van der Waals surface area contributed by atoms with Gasteiger partial charge in [-0.15, -0.1) is 11.8 Å². The lowest BCUT2D eigenvalue weighted by molar-refractivity contribution is -0.115. The number of hydrogen-bond donors (Lipinski definition) is 2. The largest absolute Gasteiger partial charge is 0.478 e. The molecule has 1 aromatic carbocycles. The zero-order chi connectivity index (χ0) is 15.9. The van der Waals surface area contributed by atoms with Gasteiger partial charge >= 0.3 is 5.97 Å². The number of pyridine rings is 1. The minimum Gasteiger partial charge on any atom is -0.478 e. The molecule has 22 heavy (non-hydrogen) atoms. The highest BCUT2D eigenvalue weighted by Crippen LogP contribution is 2.23. The molecule has 2 rings (SSSR count). The van der Waals surface area contributed by atoms with Gasteiger partial charge in [0, 0.05) is 18.4 Å². The Morgan fingerprint density at radius 2 is 2.09 bits per heavy atom. The number of rotatable bonds is 6. The van der Waals surface area contributed by atoms with Crippen molar-refractivity contribution in [2.75, 3.05) is 11.1 Å². The quantitative estimate of drug-likeness (QED) is 0.788. The number of thioether (sulfide) groups is 1. The van der Waals surface area contributed by atoms with Crippen LogP contribution >= 0.6 is 23.4 Å². The molecule has 114 valence electrons. The Morgan fingerprint density at radius 1 is 1.27 bits per heavy atom. The van der Waals surface area contributed by atoms with Crippen molar-refractivity contribution in [1.82, 2.24) is 4.98 Å². The Kier molecular flexibility index (Phi) is 5.80. The third-order valence-electron chi connectivity index (χ3n) is 2.70. The van der Waals surface area contributed by atoms with Crippen molar-refractivity contribution in [3.63, 3.8) is 0 Å². The number of benzene rings is 1. The molecule has 0 fully saturated rings. The molecule has 2 N–H and O–H groups in total. The standard InChI is InChI=1S/C15H13ClN2O3S/c16-11-5-4-10(15(20)21)9-12(11)18-13(19)6-8-22-14-3-1-2-7-17-14/h1-5,7,9H,6,8H2,(H,18,19)(H,20,21). The van der Waals surface area contributed by atoms with Crippen molar-refractivity contribution in [3.8, 4) is 0 Å². The summed E-state index contributed by atoms with van der Waals surface area (Å²) in [6, 6.07) is 9.76. The smallest absolute Gasteiger partial charge is 0.335 e. The molecule has 0 atom stereocenters. The number of anilines is 1. The summed E-state index contributed by atoms with van der Waals surface area (Å²) in [6.07, 6.45) is 1.97. The first-order valence-electron chi connectivity index (χ1n) is 6.43. The summed E-state index contributed by atoms with van der Waals surface area (Å²) >= 11 is 7.42. The number of aromatic nitrogens is 1. The molecule has 0 bridgehead atoms. The Balaban J connectivity index is 1.89. The third-order valence-corrected chi connectivity index (χ3v) is 3.98. The van der Waals surface area contributed by atoms with Gasteiger partial charge in [0.05, 0.1) is 21.3 Å². The Morgan fingerprint density at radius 3 is 2.77 bits per heavy atom. The lowest BCUT2D eigenvalue weighted by Gasteiger charge is -2.08. The monoisotopic (exact) mass is 336 g/mol. The van der Waals surface area contributed by atoms with Crippen LogP contribution in [0.15, 0.2) is 47.6 Å². The Labute approximate surface area is 136 Å². The van der Waals surface area contributed by atoms with Crippen LogP contribution < -0.4 is 5.32 Å². The van der Waals surface area contributed by atoms with Crippen molar-refractivity contribution >= 4 is 40.9 Å². The van der Waals surface area contributed by atoms with Crippen LogP contribution in [0.4, 0.5) is 5.69 Å². The first kappa shape index (κ1) is 16.3. The number of hydrogen-bond acceptors (Lipinski definition) is 4. The molecule has 5 nitrogen and oxygen atoms in total. The van der Waals surface area contributed by atoms with Gasteiger partial charge in [0.15, 0.2) is 0 Å². The number of amides is 1. The molecule has 0 unspecified atom stereocenters. The SMILES string of the molecule is O=C(CCSc1ccccn1)Nc1cc(C(=O)O)ccc1Cl. The Hall–Kier alpha value is -2.05. The van der Waals surface area contributed by atoms with E-state index in [1.54, 1.807) is 6.20 Å². The number of nitrogens with one attached hydrogen (secondary N) is 1. The van der Waals surface area contributed by atoms with E-state index in [1.807, 2.05) is 18.2 Å². The van der Waals surface area contributed by atoms with Gasteiger partial charge < -0.3 is 10.4 Å². The second kappa shape index (κ2) is 7.82. The van der Waals surface area contributed by atoms with E-state index < -0.39 is 5.97 Å². The number of aromatic carboxylic acids is 1. The number of carbonyl (C=O) groups is 2. The number of carbonyl (C=O) groups excluding carboxylic acids is 1. The third kappa shape index (κ3) is 4.75. The average Bonchev–Trinajstić information content (AvgIpc) is 2.50. The molecule has 1 amide bonds. The summed E-state index contributed by atoms with van der Waals surface area (Å²) in [5, 5.41) is 12.7. The van der Waals surface area contributed by atoms with E-state index in [4.69, 9.17) is 16.7 Å². The molecule has 2 aromatic rings. The molecule has 0 aliphatic carbocycles. The zero-order valence-electron chi connectivity index (χ0n) is 11.5. The van der Waals surface area contributed by atoms with E-state index in [2.05, 4.69) is 10.3 Å². The van der Waals surface area contributed by atoms with Gasteiger partial charge in [-0.25, -0.2) is 9.78 Å². The van der Waals surface area contributed by atoms with Crippen LogP contribution in [-0.4, -0.2) is 27.7 Å². The van der Waals surface area contributed by atoms with E-state index in [-0.39, 0.29) is 17.9 Å². The van der Waals surface area contributed by atoms with Gasteiger partial charge in [-0.05, 0) is 30.3 Å². The van der Waals surface area contributed by atoms with E-state index >= 15 is 0 Å².